The summed E-state index contributed by atoms with van der Waals surface area (Å²) in [6.45, 7) is 2.11. The van der Waals surface area contributed by atoms with Gasteiger partial charge in [0.05, 0.1) is 5.41 Å². The van der Waals surface area contributed by atoms with Crippen molar-refractivity contribution in [3.63, 3.8) is 0 Å². The van der Waals surface area contributed by atoms with E-state index in [9.17, 15) is 4.79 Å². The van der Waals surface area contributed by atoms with E-state index in [-0.39, 0.29) is 11.3 Å². The van der Waals surface area contributed by atoms with Gasteiger partial charge in [-0.05, 0) is 68.4 Å². The third-order valence-electron chi connectivity index (χ3n) is 6.54. The first-order valence-corrected chi connectivity index (χ1v) is 10.9. The molecule has 2 aliphatic carbocycles. The first kappa shape index (κ1) is 16.9. The highest BCUT2D eigenvalue weighted by Gasteiger charge is 2.55. The number of carbonyl (C=O) groups is 1. The van der Waals surface area contributed by atoms with E-state index in [1.54, 1.807) is 0 Å². The molecule has 6 heteroatoms. The number of aromatic nitrogens is 1. The Kier molecular flexibility index (Phi) is 3.84. The number of fused-ring (bicyclic) bond motifs is 1. The van der Waals surface area contributed by atoms with Crippen molar-refractivity contribution >= 4 is 40.4 Å². The summed E-state index contributed by atoms with van der Waals surface area (Å²) in [5.41, 5.74) is 1.89. The number of hydrogen-bond acceptors (Lipinski definition) is 4. The molecule has 2 saturated carbocycles. The van der Waals surface area contributed by atoms with E-state index in [2.05, 4.69) is 17.2 Å². The summed E-state index contributed by atoms with van der Waals surface area (Å²) < 4.78 is 5.92. The van der Waals surface area contributed by atoms with Crippen LogP contribution in [0.5, 0.6) is 0 Å². The highest BCUT2D eigenvalue weighted by atomic mass is 35.5. The number of oxazole rings is 1. The van der Waals surface area contributed by atoms with Crippen LogP contribution in [0, 0.1) is 10.8 Å². The van der Waals surface area contributed by atoms with Gasteiger partial charge in [-0.3, -0.25) is 4.79 Å². The zero-order valence-corrected chi connectivity index (χ0v) is 16.5. The van der Waals surface area contributed by atoms with Gasteiger partial charge < -0.3 is 9.73 Å². The van der Waals surface area contributed by atoms with Gasteiger partial charge in [0.15, 0.2) is 11.5 Å². The summed E-state index contributed by atoms with van der Waals surface area (Å²) in [6, 6.07) is 5.94. The summed E-state index contributed by atoms with van der Waals surface area (Å²) >= 11 is 7.92. The van der Waals surface area contributed by atoms with Gasteiger partial charge in [0.2, 0.25) is 5.91 Å². The summed E-state index contributed by atoms with van der Waals surface area (Å²) in [7, 11) is 0. The predicted molar refractivity (Wildman–Crippen MR) is 105 cm³/mol. The molecule has 1 spiro atoms. The Morgan fingerprint density at radius 3 is 2.88 bits per heavy atom. The highest BCUT2D eigenvalue weighted by Crippen LogP contribution is 2.62. The van der Waals surface area contributed by atoms with Gasteiger partial charge in [0.25, 0.3) is 0 Å². The molecular formula is C20H23ClN2O2S. The number of amides is 1. The van der Waals surface area contributed by atoms with Crippen LogP contribution in [0.1, 0.15) is 50.8 Å². The van der Waals surface area contributed by atoms with Gasteiger partial charge in [-0.1, -0.05) is 11.6 Å². The van der Waals surface area contributed by atoms with Crippen molar-refractivity contribution < 1.29 is 9.21 Å². The molecule has 1 aromatic carbocycles. The van der Waals surface area contributed by atoms with Crippen LogP contribution in [0.2, 0.25) is 5.02 Å². The lowest BCUT2D eigenvalue weighted by molar-refractivity contribution is -0.132. The van der Waals surface area contributed by atoms with Gasteiger partial charge >= 0.3 is 0 Å². The third kappa shape index (κ3) is 2.75. The van der Waals surface area contributed by atoms with E-state index in [4.69, 9.17) is 16.0 Å². The molecule has 138 valence electrons. The van der Waals surface area contributed by atoms with Crippen LogP contribution in [0.3, 0.4) is 0 Å². The van der Waals surface area contributed by atoms with Crippen molar-refractivity contribution in [1.82, 2.24) is 10.3 Å². The second kappa shape index (κ2) is 5.90. The number of thioether (sulfide) groups is 1. The van der Waals surface area contributed by atoms with Gasteiger partial charge in [0.1, 0.15) is 5.52 Å². The molecule has 0 radical (unpaired) electrons. The van der Waals surface area contributed by atoms with Crippen molar-refractivity contribution in [2.24, 2.45) is 10.8 Å². The van der Waals surface area contributed by atoms with Crippen LogP contribution in [0.4, 0.5) is 0 Å². The van der Waals surface area contributed by atoms with Crippen LogP contribution in [-0.4, -0.2) is 28.4 Å². The normalized spacial score (nSPS) is 36.1. The summed E-state index contributed by atoms with van der Waals surface area (Å²) in [4.78, 5) is 17.2. The molecule has 0 bridgehead atoms. The summed E-state index contributed by atoms with van der Waals surface area (Å²) in [5.74, 6) is 3.57. The molecule has 1 aromatic heterocycles. The van der Waals surface area contributed by atoms with Crippen molar-refractivity contribution in [3.8, 4) is 0 Å². The molecule has 4 nitrogen and oxygen atoms in total. The maximum Gasteiger partial charge on any atom is 0.227 e. The molecule has 26 heavy (non-hydrogen) atoms. The Morgan fingerprint density at radius 1 is 1.35 bits per heavy atom. The number of benzene rings is 1. The van der Waals surface area contributed by atoms with Gasteiger partial charge in [-0.2, -0.15) is 11.8 Å². The average Bonchev–Trinajstić information content (AvgIpc) is 3.14. The minimum atomic E-state index is -0.158. The molecule has 3 aliphatic rings. The Morgan fingerprint density at radius 2 is 2.15 bits per heavy atom. The first-order valence-electron chi connectivity index (χ1n) is 9.40. The molecule has 5 rings (SSSR count). The fourth-order valence-electron chi connectivity index (χ4n) is 4.88. The zero-order chi connectivity index (χ0) is 17.9. The van der Waals surface area contributed by atoms with Crippen LogP contribution >= 0.6 is 23.4 Å². The predicted octanol–water partition coefficient (Wildman–Crippen LogP) is 4.77. The number of nitrogens with one attached hydrogen (secondary N) is 1. The molecule has 3 fully saturated rings. The number of nitrogens with zero attached hydrogens (tertiary/aromatic N) is 1. The fourth-order valence-corrected chi connectivity index (χ4v) is 6.51. The molecule has 1 aliphatic heterocycles. The van der Waals surface area contributed by atoms with E-state index in [1.165, 1.54) is 0 Å². The Balaban J connectivity index is 1.17. The van der Waals surface area contributed by atoms with Gasteiger partial charge in [0, 0.05) is 22.7 Å². The Labute approximate surface area is 162 Å². The number of carbonyl (C=O) groups excluding carboxylic acids is 1. The molecule has 1 amide bonds. The highest BCUT2D eigenvalue weighted by molar-refractivity contribution is 7.99. The Bertz CT molecular complexity index is 860. The number of rotatable bonds is 3. The second-order valence-corrected chi connectivity index (χ2v) is 10.3. The SMILES string of the molecule is CC1(C(=O)NC2CC3(C2)CC(c2nc4cc(Cl)ccc4o2)C3)CCSC1. The number of hydrogen-bond donors (Lipinski definition) is 1. The number of halogens is 1. The smallest absolute Gasteiger partial charge is 0.227 e. The molecule has 2 aromatic rings. The van der Waals surface area contributed by atoms with E-state index >= 15 is 0 Å². The molecule has 1 unspecified atom stereocenters. The van der Waals surface area contributed by atoms with Crippen LogP contribution in [0.25, 0.3) is 11.1 Å². The summed E-state index contributed by atoms with van der Waals surface area (Å²) in [5, 5.41) is 3.99. The molecular weight excluding hydrogens is 368 g/mol. The lowest BCUT2D eigenvalue weighted by Crippen LogP contribution is -2.57. The Hall–Kier alpha value is -1.20. The molecule has 1 N–H and O–H groups in total. The maximum atomic E-state index is 12.5. The zero-order valence-electron chi connectivity index (χ0n) is 14.9. The van der Waals surface area contributed by atoms with Crippen LogP contribution in [0.15, 0.2) is 22.6 Å². The lowest BCUT2D eigenvalue weighted by Gasteiger charge is -2.57. The van der Waals surface area contributed by atoms with Gasteiger partial charge in [-0.15, -0.1) is 0 Å². The minimum Gasteiger partial charge on any atom is -0.440 e. The lowest BCUT2D eigenvalue weighted by atomic mass is 9.50. The van der Waals surface area contributed by atoms with Crippen molar-refractivity contribution in [1.29, 1.82) is 0 Å². The monoisotopic (exact) mass is 390 g/mol. The quantitative estimate of drug-likeness (QED) is 0.820. The topological polar surface area (TPSA) is 55.1 Å². The van der Waals surface area contributed by atoms with Crippen LogP contribution < -0.4 is 5.32 Å². The van der Waals surface area contributed by atoms with E-state index in [0.29, 0.717) is 22.4 Å². The molecule has 1 atom stereocenters. The fraction of sp³-hybridized carbons (Fsp3) is 0.600. The molecule has 2 heterocycles. The van der Waals surface area contributed by atoms with Gasteiger partial charge in [-0.25, -0.2) is 4.98 Å². The standard InChI is InChI=1S/C20H23ClN2O2S/c1-19(4-5-26-11-19)18(24)22-14-9-20(10-14)7-12(8-20)17-23-15-6-13(21)2-3-16(15)25-17/h2-3,6,12,14H,4-5,7-11H2,1H3,(H,22,24). The largest absolute Gasteiger partial charge is 0.440 e. The maximum absolute atomic E-state index is 12.5. The third-order valence-corrected chi connectivity index (χ3v) is 8.10. The first-order chi connectivity index (χ1) is 12.4. The van der Waals surface area contributed by atoms with Crippen molar-refractivity contribution in [2.45, 2.75) is 51.0 Å². The minimum absolute atomic E-state index is 0.158. The van der Waals surface area contributed by atoms with Crippen molar-refractivity contribution in [2.75, 3.05) is 11.5 Å². The van der Waals surface area contributed by atoms with E-state index in [0.717, 1.165) is 60.6 Å². The van der Waals surface area contributed by atoms with Crippen molar-refractivity contribution in [3.05, 3.63) is 29.1 Å². The van der Waals surface area contributed by atoms with E-state index in [1.807, 2.05) is 30.0 Å². The second-order valence-electron chi connectivity index (χ2n) is 8.71. The summed E-state index contributed by atoms with van der Waals surface area (Å²) in [6.07, 6.45) is 5.44. The van der Waals surface area contributed by atoms with Crippen LogP contribution in [-0.2, 0) is 4.79 Å². The molecule has 1 saturated heterocycles. The average molecular weight is 391 g/mol. The van der Waals surface area contributed by atoms with E-state index < -0.39 is 0 Å².